The maximum Gasteiger partial charge on any atom is 0.274 e. The molecular weight excluding hydrogens is 168 g/mol. The normalized spacial score (nSPS) is 11.8. The Morgan fingerprint density at radius 3 is 2.64 bits per heavy atom. The van der Waals surface area contributed by atoms with Crippen molar-refractivity contribution in [2.75, 3.05) is 19.8 Å². The summed E-state index contributed by atoms with van der Waals surface area (Å²) in [5.41, 5.74) is 0. The SMILES string of the molecule is CCOCCCNS(N)(=O)=O. The van der Waals surface area contributed by atoms with Gasteiger partial charge in [0.25, 0.3) is 10.2 Å². The highest BCUT2D eigenvalue weighted by atomic mass is 32.2. The molecule has 0 aromatic carbocycles. The Morgan fingerprint density at radius 2 is 2.18 bits per heavy atom. The van der Waals surface area contributed by atoms with Gasteiger partial charge in [0.05, 0.1) is 0 Å². The molecule has 0 atom stereocenters. The summed E-state index contributed by atoms with van der Waals surface area (Å²) in [6.45, 7) is 3.42. The molecule has 5 nitrogen and oxygen atoms in total. The van der Waals surface area contributed by atoms with Crippen molar-refractivity contribution in [2.45, 2.75) is 13.3 Å². The van der Waals surface area contributed by atoms with E-state index in [1.807, 2.05) is 6.92 Å². The summed E-state index contributed by atoms with van der Waals surface area (Å²) >= 11 is 0. The Morgan fingerprint density at radius 1 is 1.55 bits per heavy atom. The van der Waals surface area contributed by atoms with E-state index in [1.54, 1.807) is 0 Å². The van der Waals surface area contributed by atoms with Crippen LogP contribution in [0.1, 0.15) is 13.3 Å². The van der Waals surface area contributed by atoms with E-state index in [0.29, 0.717) is 26.2 Å². The molecule has 0 aliphatic rings. The number of rotatable bonds is 6. The molecule has 0 unspecified atom stereocenters. The van der Waals surface area contributed by atoms with Crippen LogP contribution >= 0.6 is 0 Å². The first kappa shape index (κ1) is 10.8. The van der Waals surface area contributed by atoms with E-state index in [0.717, 1.165) is 0 Å². The Kier molecular flexibility index (Phi) is 5.39. The average molecular weight is 182 g/mol. The van der Waals surface area contributed by atoms with Crippen molar-refractivity contribution in [1.82, 2.24) is 4.72 Å². The third-order valence-electron chi connectivity index (χ3n) is 0.973. The lowest BCUT2D eigenvalue weighted by atomic mass is 10.5. The van der Waals surface area contributed by atoms with Gasteiger partial charge in [-0.15, -0.1) is 0 Å². The third-order valence-corrected chi connectivity index (χ3v) is 1.58. The van der Waals surface area contributed by atoms with Crippen molar-refractivity contribution in [3.8, 4) is 0 Å². The number of nitrogens with one attached hydrogen (secondary N) is 1. The zero-order chi connectivity index (χ0) is 8.74. The molecule has 0 heterocycles. The Labute approximate surface area is 67.1 Å². The van der Waals surface area contributed by atoms with Crippen LogP contribution in [0, 0.1) is 0 Å². The lowest BCUT2D eigenvalue weighted by molar-refractivity contribution is 0.146. The fourth-order valence-electron chi connectivity index (χ4n) is 0.533. The minimum atomic E-state index is -3.52. The van der Waals surface area contributed by atoms with Crippen molar-refractivity contribution >= 4 is 10.2 Å². The van der Waals surface area contributed by atoms with Gasteiger partial charge in [-0.2, -0.15) is 8.42 Å². The van der Waals surface area contributed by atoms with Crippen molar-refractivity contribution in [2.24, 2.45) is 5.14 Å². The van der Waals surface area contributed by atoms with Crippen LogP contribution in [0.2, 0.25) is 0 Å². The van der Waals surface area contributed by atoms with Crippen molar-refractivity contribution < 1.29 is 13.2 Å². The molecule has 11 heavy (non-hydrogen) atoms. The second kappa shape index (κ2) is 5.48. The van der Waals surface area contributed by atoms with Crippen molar-refractivity contribution in [3.63, 3.8) is 0 Å². The average Bonchev–Trinajstić information content (AvgIpc) is 1.85. The maximum absolute atomic E-state index is 10.3. The van der Waals surface area contributed by atoms with Gasteiger partial charge in [-0.25, -0.2) is 9.86 Å². The highest BCUT2D eigenvalue weighted by Crippen LogP contribution is 1.80. The van der Waals surface area contributed by atoms with Gasteiger partial charge in [-0.1, -0.05) is 0 Å². The number of nitrogens with two attached hydrogens (primary N) is 1. The van der Waals surface area contributed by atoms with Gasteiger partial charge in [-0.05, 0) is 13.3 Å². The molecular formula is C5H14N2O3S. The Bertz CT molecular complexity index is 178. The summed E-state index contributed by atoms with van der Waals surface area (Å²) in [5.74, 6) is 0. The molecule has 0 rings (SSSR count). The first-order chi connectivity index (χ1) is 5.06. The molecule has 0 saturated carbocycles. The van der Waals surface area contributed by atoms with Crippen molar-refractivity contribution in [1.29, 1.82) is 0 Å². The predicted octanol–water partition coefficient (Wildman–Crippen LogP) is -0.794. The lowest BCUT2D eigenvalue weighted by Gasteiger charge is -2.01. The van der Waals surface area contributed by atoms with Gasteiger partial charge < -0.3 is 4.74 Å². The molecule has 0 fully saturated rings. The van der Waals surface area contributed by atoms with Crippen LogP contribution in [-0.2, 0) is 14.9 Å². The van der Waals surface area contributed by atoms with E-state index in [1.165, 1.54) is 0 Å². The quantitative estimate of drug-likeness (QED) is 0.528. The standard InChI is InChI=1S/C5H14N2O3S/c1-2-10-5-3-4-7-11(6,8)9/h7H,2-5H2,1H3,(H2,6,8,9). The summed E-state index contributed by atoms with van der Waals surface area (Å²) in [4.78, 5) is 0. The van der Waals surface area contributed by atoms with Crippen LogP contribution in [-0.4, -0.2) is 28.2 Å². The molecule has 0 saturated heterocycles. The fraction of sp³-hybridized carbons (Fsp3) is 1.00. The molecule has 0 amide bonds. The molecule has 68 valence electrons. The van der Waals surface area contributed by atoms with Gasteiger partial charge >= 0.3 is 0 Å². The monoisotopic (exact) mass is 182 g/mol. The maximum atomic E-state index is 10.3. The summed E-state index contributed by atoms with van der Waals surface area (Å²) in [6.07, 6.45) is 0.643. The van der Waals surface area contributed by atoms with Gasteiger partial charge in [0, 0.05) is 19.8 Å². The van der Waals surface area contributed by atoms with Crippen LogP contribution in [0.4, 0.5) is 0 Å². The molecule has 0 bridgehead atoms. The fourth-order valence-corrected chi connectivity index (χ4v) is 0.962. The van der Waals surface area contributed by atoms with E-state index >= 15 is 0 Å². The van der Waals surface area contributed by atoms with Gasteiger partial charge in [0.1, 0.15) is 0 Å². The molecule has 0 radical (unpaired) electrons. The molecule has 0 aromatic rings. The van der Waals surface area contributed by atoms with E-state index in [-0.39, 0.29) is 0 Å². The van der Waals surface area contributed by atoms with E-state index < -0.39 is 10.2 Å². The number of hydrogen-bond donors (Lipinski definition) is 2. The number of hydrogen-bond acceptors (Lipinski definition) is 3. The minimum Gasteiger partial charge on any atom is -0.382 e. The topological polar surface area (TPSA) is 81.4 Å². The van der Waals surface area contributed by atoms with Gasteiger partial charge in [-0.3, -0.25) is 0 Å². The van der Waals surface area contributed by atoms with Gasteiger partial charge in [0.2, 0.25) is 0 Å². The zero-order valence-electron chi connectivity index (χ0n) is 6.54. The van der Waals surface area contributed by atoms with Gasteiger partial charge in [0.15, 0.2) is 0 Å². The molecule has 3 N–H and O–H groups in total. The summed E-state index contributed by atoms with van der Waals surface area (Å²) in [7, 11) is -3.52. The Hall–Kier alpha value is -0.170. The van der Waals surface area contributed by atoms with E-state index in [2.05, 4.69) is 9.86 Å². The summed E-state index contributed by atoms with van der Waals surface area (Å²) in [5, 5.41) is 4.67. The smallest absolute Gasteiger partial charge is 0.274 e. The first-order valence-electron chi connectivity index (χ1n) is 3.41. The highest BCUT2D eigenvalue weighted by Gasteiger charge is 1.97. The predicted molar refractivity (Wildman–Crippen MR) is 42.2 cm³/mol. The zero-order valence-corrected chi connectivity index (χ0v) is 7.36. The van der Waals surface area contributed by atoms with Crippen LogP contribution in [0.15, 0.2) is 0 Å². The van der Waals surface area contributed by atoms with Crippen LogP contribution in [0.5, 0.6) is 0 Å². The molecule has 6 heteroatoms. The van der Waals surface area contributed by atoms with Crippen LogP contribution < -0.4 is 9.86 Å². The molecule has 0 aliphatic carbocycles. The molecule has 0 aromatic heterocycles. The summed E-state index contributed by atoms with van der Waals surface area (Å²) in [6, 6.07) is 0. The summed E-state index contributed by atoms with van der Waals surface area (Å²) < 4.78 is 27.7. The minimum absolute atomic E-state index is 0.332. The van der Waals surface area contributed by atoms with E-state index in [4.69, 9.17) is 4.74 Å². The highest BCUT2D eigenvalue weighted by molar-refractivity contribution is 7.87. The van der Waals surface area contributed by atoms with Crippen LogP contribution in [0.3, 0.4) is 0 Å². The van der Waals surface area contributed by atoms with E-state index in [9.17, 15) is 8.42 Å². The first-order valence-corrected chi connectivity index (χ1v) is 4.96. The largest absolute Gasteiger partial charge is 0.382 e. The van der Waals surface area contributed by atoms with Crippen LogP contribution in [0.25, 0.3) is 0 Å². The van der Waals surface area contributed by atoms with Crippen molar-refractivity contribution in [3.05, 3.63) is 0 Å². The third kappa shape index (κ3) is 9.83. The lowest BCUT2D eigenvalue weighted by Crippen LogP contribution is -2.31. The second-order valence-electron chi connectivity index (χ2n) is 1.99. The Balaban J connectivity index is 3.16. The second-order valence-corrected chi connectivity index (χ2v) is 3.37. The number of ether oxygens (including phenoxy) is 1. The molecule has 0 spiro atoms. The molecule has 0 aliphatic heterocycles.